The molecule has 0 spiro atoms. The molecule has 0 aliphatic carbocycles. The Kier molecular flexibility index (Phi) is 7.16. The molecule has 8 heteroatoms. The van der Waals surface area contributed by atoms with Crippen LogP contribution in [0.3, 0.4) is 0 Å². The summed E-state index contributed by atoms with van der Waals surface area (Å²) in [6, 6.07) is 4.96. The molecule has 1 aromatic carbocycles. The van der Waals surface area contributed by atoms with E-state index in [1.807, 2.05) is 0 Å². The average molecular weight is 389 g/mol. The minimum Gasteiger partial charge on any atom is -0.480 e. The first-order chi connectivity index (χ1) is 11.6. The maximum Gasteiger partial charge on any atom is 0.370 e. The normalized spacial score (nSPS) is 15.5. The van der Waals surface area contributed by atoms with Gasteiger partial charge in [0.05, 0.1) is 11.2 Å². The highest BCUT2D eigenvalue weighted by molar-refractivity contribution is 7.54. The van der Waals surface area contributed by atoms with Crippen LogP contribution in [-0.2, 0) is 24.8 Å². The van der Waals surface area contributed by atoms with E-state index in [-0.39, 0.29) is 12.0 Å². The third-order valence-corrected chi connectivity index (χ3v) is 5.57. The fourth-order valence-electron chi connectivity index (χ4n) is 2.21. The van der Waals surface area contributed by atoms with E-state index in [4.69, 9.17) is 19.9 Å². The molecule has 0 saturated heterocycles. The van der Waals surface area contributed by atoms with Gasteiger partial charge >= 0.3 is 13.6 Å². The molecular weight excluding hydrogens is 360 g/mol. The van der Waals surface area contributed by atoms with Crippen LogP contribution < -0.4 is 5.73 Å². The van der Waals surface area contributed by atoms with Gasteiger partial charge in [-0.1, -0.05) is 24.3 Å². The first-order valence-corrected chi connectivity index (χ1v) is 9.97. The minimum atomic E-state index is -4.12. The van der Waals surface area contributed by atoms with E-state index in [0.717, 1.165) is 0 Å². The molecule has 2 atom stereocenters. The van der Waals surface area contributed by atoms with Gasteiger partial charge in [-0.15, -0.1) is 0 Å². The van der Waals surface area contributed by atoms with Gasteiger partial charge < -0.3 is 19.9 Å². The molecule has 0 heterocycles. The van der Waals surface area contributed by atoms with Crippen LogP contribution in [0.15, 0.2) is 24.3 Å². The lowest BCUT2D eigenvalue weighted by Crippen LogP contribution is -2.32. The molecule has 0 aliphatic heterocycles. The zero-order valence-electron chi connectivity index (χ0n) is 16.2. The Morgan fingerprint density at radius 3 is 1.88 bits per heavy atom. The second-order valence-corrected chi connectivity index (χ2v) is 10.1. The molecule has 26 heavy (non-hydrogen) atoms. The summed E-state index contributed by atoms with van der Waals surface area (Å²) in [5, 5.41) is 8.85. The van der Waals surface area contributed by atoms with Crippen LogP contribution in [0.2, 0.25) is 0 Å². The topological polar surface area (TPSA) is 98.9 Å². The van der Waals surface area contributed by atoms with E-state index in [9.17, 15) is 9.36 Å². The van der Waals surface area contributed by atoms with Crippen LogP contribution in [-0.4, -0.2) is 28.3 Å². The summed E-state index contributed by atoms with van der Waals surface area (Å²) >= 11 is 0. The van der Waals surface area contributed by atoms with Gasteiger partial charge in [-0.2, -0.15) is 0 Å². The molecule has 148 valence electrons. The SMILES string of the molecule is CC(C)(C)OP(=O)(OC(C)(C)C)C(F)c1ccc(CC(N)C(=O)O)cc1. The highest BCUT2D eigenvalue weighted by atomic mass is 31.2. The number of benzene rings is 1. The van der Waals surface area contributed by atoms with Crippen LogP contribution in [0.25, 0.3) is 0 Å². The quantitative estimate of drug-likeness (QED) is 0.669. The van der Waals surface area contributed by atoms with Crippen molar-refractivity contribution in [1.82, 2.24) is 0 Å². The Balaban J connectivity index is 3.09. The zero-order chi connectivity index (χ0) is 20.3. The van der Waals surface area contributed by atoms with Gasteiger partial charge in [0.2, 0.25) is 5.91 Å². The third kappa shape index (κ3) is 7.16. The van der Waals surface area contributed by atoms with Crippen molar-refractivity contribution in [3.05, 3.63) is 35.4 Å². The van der Waals surface area contributed by atoms with Crippen molar-refractivity contribution in [3.8, 4) is 0 Å². The first-order valence-electron chi connectivity index (χ1n) is 8.35. The summed E-state index contributed by atoms with van der Waals surface area (Å²) in [5.41, 5.74) is 4.54. The average Bonchev–Trinajstić information content (AvgIpc) is 2.43. The minimum absolute atomic E-state index is 0.112. The van der Waals surface area contributed by atoms with E-state index in [0.29, 0.717) is 5.56 Å². The highest BCUT2D eigenvalue weighted by Crippen LogP contribution is 2.65. The fraction of sp³-hybridized carbons (Fsp3) is 0.611. The number of rotatable bonds is 7. The Morgan fingerprint density at radius 1 is 1.12 bits per heavy atom. The van der Waals surface area contributed by atoms with Crippen molar-refractivity contribution < 1.29 is 27.9 Å². The van der Waals surface area contributed by atoms with Crippen LogP contribution in [0.1, 0.15) is 58.6 Å². The number of nitrogens with two attached hydrogens (primary N) is 1. The summed E-state index contributed by atoms with van der Waals surface area (Å²) in [6.45, 7) is 10.1. The molecule has 0 radical (unpaired) electrons. The van der Waals surface area contributed by atoms with Gasteiger partial charge in [-0.3, -0.25) is 9.36 Å². The van der Waals surface area contributed by atoms with Crippen LogP contribution >= 0.6 is 7.60 Å². The van der Waals surface area contributed by atoms with E-state index in [2.05, 4.69) is 0 Å². The summed E-state index contributed by atoms with van der Waals surface area (Å²) in [6.07, 6.45) is 0.112. The molecule has 1 aromatic rings. The molecule has 0 bridgehead atoms. The zero-order valence-corrected chi connectivity index (χ0v) is 17.0. The summed E-state index contributed by atoms with van der Waals surface area (Å²) in [4.78, 5) is 10.8. The van der Waals surface area contributed by atoms with Crippen molar-refractivity contribution in [3.63, 3.8) is 0 Å². The van der Waals surface area contributed by atoms with E-state index in [1.165, 1.54) is 12.1 Å². The third-order valence-electron chi connectivity index (χ3n) is 3.11. The smallest absolute Gasteiger partial charge is 0.370 e. The Hall–Kier alpha value is -1.27. The number of halogens is 1. The van der Waals surface area contributed by atoms with Crippen molar-refractivity contribution >= 4 is 13.6 Å². The summed E-state index contributed by atoms with van der Waals surface area (Å²) in [5.74, 6) is -3.08. The number of alkyl halides is 1. The number of carbonyl (C=O) groups is 1. The molecule has 0 amide bonds. The second-order valence-electron chi connectivity index (χ2n) is 8.17. The molecule has 0 saturated carbocycles. The molecule has 2 unspecified atom stereocenters. The van der Waals surface area contributed by atoms with Gasteiger partial charge in [-0.25, -0.2) is 4.39 Å². The fourth-order valence-corrected chi connectivity index (χ4v) is 4.50. The lowest BCUT2D eigenvalue weighted by atomic mass is 10.1. The maximum atomic E-state index is 15.1. The molecule has 0 aromatic heterocycles. The lowest BCUT2D eigenvalue weighted by Gasteiger charge is -2.33. The van der Waals surface area contributed by atoms with E-state index >= 15 is 4.39 Å². The number of aliphatic carboxylic acids is 1. The van der Waals surface area contributed by atoms with Crippen LogP contribution in [0.5, 0.6) is 0 Å². The van der Waals surface area contributed by atoms with Gasteiger partial charge in [0.25, 0.3) is 0 Å². The predicted molar refractivity (Wildman–Crippen MR) is 98.9 cm³/mol. The molecule has 6 nitrogen and oxygen atoms in total. The molecule has 3 N–H and O–H groups in total. The standard InChI is InChI=1S/C18H29FNO5P/c1-17(2,3)24-26(23,25-18(4,5)6)15(19)13-9-7-12(8-10-13)11-14(20)16(21)22/h7-10,14-15H,11,20H2,1-6H3,(H,21,22). The summed E-state index contributed by atoms with van der Waals surface area (Å²) < 4.78 is 39.3. The predicted octanol–water partition coefficient (Wildman–Crippen LogP) is 4.43. The van der Waals surface area contributed by atoms with Gasteiger partial charge in [-0.05, 0) is 59.1 Å². The Labute approximate surface area is 154 Å². The maximum absolute atomic E-state index is 15.1. The summed E-state index contributed by atoms with van der Waals surface area (Å²) in [7, 11) is -4.12. The highest BCUT2D eigenvalue weighted by Gasteiger charge is 2.44. The van der Waals surface area contributed by atoms with Crippen molar-refractivity contribution in [1.29, 1.82) is 0 Å². The molecule has 1 rings (SSSR count). The monoisotopic (exact) mass is 389 g/mol. The Morgan fingerprint density at radius 2 is 1.54 bits per heavy atom. The Bertz CT molecular complexity index is 644. The lowest BCUT2D eigenvalue weighted by molar-refractivity contribution is -0.138. The molecule has 0 fully saturated rings. The number of carboxylic acid groups (broad SMARTS) is 1. The second kappa shape index (κ2) is 8.17. The van der Waals surface area contributed by atoms with Crippen molar-refractivity contribution in [2.75, 3.05) is 0 Å². The first kappa shape index (κ1) is 22.8. The van der Waals surface area contributed by atoms with Crippen molar-refractivity contribution in [2.45, 2.75) is 71.1 Å². The van der Waals surface area contributed by atoms with Gasteiger partial charge in [0.15, 0.2) is 0 Å². The molecule has 0 aliphatic rings. The number of hydrogen-bond donors (Lipinski definition) is 2. The van der Waals surface area contributed by atoms with Crippen molar-refractivity contribution in [2.24, 2.45) is 5.73 Å². The van der Waals surface area contributed by atoms with E-state index in [1.54, 1.807) is 53.7 Å². The molecular formula is C18H29FNO5P. The largest absolute Gasteiger partial charge is 0.480 e. The van der Waals surface area contributed by atoms with Crippen LogP contribution in [0.4, 0.5) is 4.39 Å². The van der Waals surface area contributed by atoms with Gasteiger partial charge in [0, 0.05) is 0 Å². The van der Waals surface area contributed by atoms with Crippen LogP contribution in [0, 0.1) is 0 Å². The van der Waals surface area contributed by atoms with Gasteiger partial charge in [0.1, 0.15) is 6.04 Å². The van der Waals surface area contributed by atoms with E-state index < -0.39 is 36.7 Å². The number of hydrogen-bond acceptors (Lipinski definition) is 5. The number of carboxylic acids is 1.